The summed E-state index contributed by atoms with van der Waals surface area (Å²) in [5, 5.41) is 2.39. The largest absolute Gasteiger partial charge is 0.482 e. The van der Waals surface area contributed by atoms with Crippen LogP contribution in [0.2, 0.25) is 5.02 Å². The Morgan fingerprint density at radius 1 is 1.08 bits per heavy atom. The van der Waals surface area contributed by atoms with E-state index in [2.05, 4.69) is 0 Å². The molecule has 1 amide bonds. The van der Waals surface area contributed by atoms with Crippen molar-refractivity contribution >= 4 is 34.5 Å². The number of para-hydroxylation sites is 1. The van der Waals surface area contributed by atoms with Crippen LogP contribution in [0.5, 0.6) is 5.75 Å². The molecule has 128 valence electrons. The Morgan fingerprint density at radius 3 is 2.52 bits per heavy atom. The van der Waals surface area contributed by atoms with Crippen molar-refractivity contribution in [2.24, 2.45) is 0 Å². The van der Waals surface area contributed by atoms with Crippen LogP contribution in [0.25, 0.3) is 0 Å². The molecule has 0 spiro atoms. The zero-order valence-electron chi connectivity index (χ0n) is 13.2. The highest BCUT2D eigenvalue weighted by Gasteiger charge is 2.18. The molecule has 0 aliphatic heterocycles. The van der Waals surface area contributed by atoms with Gasteiger partial charge in [-0.25, -0.2) is 4.39 Å². The Labute approximate surface area is 154 Å². The SMILES string of the molecule is O=C(COc1ccccc1Cl)N(Cc1cccs1)c1ccc(F)cc1. The van der Waals surface area contributed by atoms with Crippen molar-refractivity contribution in [3.05, 3.63) is 81.8 Å². The first-order chi connectivity index (χ1) is 12.1. The average molecular weight is 376 g/mol. The summed E-state index contributed by atoms with van der Waals surface area (Å²) < 4.78 is 18.8. The first kappa shape index (κ1) is 17.5. The maximum absolute atomic E-state index is 13.2. The van der Waals surface area contributed by atoms with Crippen molar-refractivity contribution in [2.45, 2.75) is 6.54 Å². The van der Waals surface area contributed by atoms with Crippen molar-refractivity contribution in [1.82, 2.24) is 0 Å². The molecule has 0 unspecified atom stereocenters. The Balaban J connectivity index is 1.77. The van der Waals surface area contributed by atoms with Gasteiger partial charge in [0.2, 0.25) is 0 Å². The number of carbonyl (C=O) groups excluding carboxylic acids is 1. The van der Waals surface area contributed by atoms with Gasteiger partial charge in [-0.1, -0.05) is 29.8 Å². The minimum atomic E-state index is -0.348. The number of benzene rings is 2. The zero-order chi connectivity index (χ0) is 17.6. The number of thiophene rings is 1. The molecule has 1 aromatic heterocycles. The third-order valence-electron chi connectivity index (χ3n) is 3.52. The summed E-state index contributed by atoms with van der Waals surface area (Å²) in [6, 6.07) is 16.7. The second-order valence-corrected chi connectivity index (χ2v) is 6.69. The van der Waals surface area contributed by atoms with E-state index in [0.717, 1.165) is 4.88 Å². The van der Waals surface area contributed by atoms with E-state index in [1.807, 2.05) is 17.5 Å². The molecule has 0 bridgehead atoms. The van der Waals surface area contributed by atoms with Crippen LogP contribution >= 0.6 is 22.9 Å². The molecule has 6 heteroatoms. The Bertz CT molecular complexity index is 837. The normalized spacial score (nSPS) is 10.5. The fraction of sp³-hybridized carbons (Fsp3) is 0.105. The van der Waals surface area contributed by atoms with Crippen LogP contribution in [0.1, 0.15) is 4.88 Å². The molecule has 0 atom stereocenters. The number of halogens is 2. The number of rotatable bonds is 6. The van der Waals surface area contributed by atoms with Gasteiger partial charge in [0.15, 0.2) is 6.61 Å². The molecule has 0 radical (unpaired) electrons. The highest BCUT2D eigenvalue weighted by molar-refractivity contribution is 7.09. The van der Waals surface area contributed by atoms with E-state index in [0.29, 0.717) is 23.0 Å². The third kappa shape index (κ3) is 4.59. The summed E-state index contributed by atoms with van der Waals surface area (Å²) in [6.07, 6.45) is 0. The van der Waals surface area contributed by atoms with Gasteiger partial charge < -0.3 is 9.64 Å². The van der Waals surface area contributed by atoms with Crippen LogP contribution in [0, 0.1) is 5.82 Å². The van der Waals surface area contributed by atoms with E-state index >= 15 is 0 Å². The molecule has 25 heavy (non-hydrogen) atoms. The Kier molecular flexibility index (Phi) is 5.68. The van der Waals surface area contributed by atoms with Gasteiger partial charge in [-0.3, -0.25) is 4.79 Å². The lowest BCUT2D eigenvalue weighted by Crippen LogP contribution is -2.34. The van der Waals surface area contributed by atoms with Gasteiger partial charge in [0.25, 0.3) is 5.91 Å². The van der Waals surface area contributed by atoms with Crippen LogP contribution in [0.4, 0.5) is 10.1 Å². The third-order valence-corrected chi connectivity index (χ3v) is 4.69. The fourth-order valence-electron chi connectivity index (χ4n) is 2.28. The number of hydrogen-bond donors (Lipinski definition) is 0. The molecule has 0 aliphatic carbocycles. The summed E-state index contributed by atoms with van der Waals surface area (Å²) in [5.41, 5.74) is 0.613. The quantitative estimate of drug-likeness (QED) is 0.596. The molecule has 3 nitrogen and oxygen atoms in total. The molecule has 2 aromatic carbocycles. The Hall–Kier alpha value is -2.37. The lowest BCUT2D eigenvalue weighted by molar-refractivity contribution is -0.120. The maximum Gasteiger partial charge on any atom is 0.265 e. The molecule has 0 aliphatic rings. The van der Waals surface area contributed by atoms with Crippen molar-refractivity contribution in [3.63, 3.8) is 0 Å². The van der Waals surface area contributed by atoms with Crippen molar-refractivity contribution in [3.8, 4) is 5.75 Å². The van der Waals surface area contributed by atoms with Crippen LogP contribution in [-0.4, -0.2) is 12.5 Å². The number of ether oxygens (including phenoxy) is 1. The number of hydrogen-bond acceptors (Lipinski definition) is 3. The molecule has 1 heterocycles. The number of amides is 1. The molecule has 0 saturated carbocycles. The molecule has 0 saturated heterocycles. The van der Waals surface area contributed by atoms with Crippen LogP contribution in [0.3, 0.4) is 0 Å². The van der Waals surface area contributed by atoms with Gasteiger partial charge in [0.05, 0.1) is 11.6 Å². The lowest BCUT2D eigenvalue weighted by Gasteiger charge is -2.22. The minimum Gasteiger partial charge on any atom is -0.482 e. The second-order valence-electron chi connectivity index (χ2n) is 5.25. The van der Waals surface area contributed by atoms with Crippen LogP contribution in [0.15, 0.2) is 66.0 Å². The summed E-state index contributed by atoms with van der Waals surface area (Å²) >= 11 is 7.60. The molecule has 0 fully saturated rings. The van der Waals surface area contributed by atoms with Gasteiger partial charge in [-0.15, -0.1) is 11.3 Å². The molecule has 0 N–H and O–H groups in total. The van der Waals surface area contributed by atoms with E-state index in [9.17, 15) is 9.18 Å². The van der Waals surface area contributed by atoms with Crippen molar-refractivity contribution in [2.75, 3.05) is 11.5 Å². The standard InChI is InChI=1S/C19H15ClFNO2S/c20-17-5-1-2-6-18(17)24-13-19(23)22(12-16-4-3-11-25-16)15-9-7-14(21)8-10-15/h1-11H,12-13H2. The van der Waals surface area contributed by atoms with E-state index in [-0.39, 0.29) is 18.3 Å². The zero-order valence-corrected chi connectivity index (χ0v) is 14.8. The average Bonchev–Trinajstić information content (AvgIpc) is 3.13. The van der Waals surface area contributed by atoms with Crippen LogP contribution < -0.4 is 9.64 Å². The summed E-state index contributed by atoms with van der Waals surface area (Å²) in [7, 11) is 0. The van der Waals surface area contributed by atoms with E-state index in [1.54, 1.807) is 52.6 Å². The maximum atomic E-state index is 13.2. The lowest BCUT2D eigenvalue weighted by atomic mass is 10.2. The Morgan fingerprint density at radius 2 is 1.84 bits per heavy atom. The second kappa shape index (κ2) is 8.14. The molecular formula is C19H15ClFNO2S. The number of carbonyl (C=O) groups is 1. The predicted molar refractivity (Wildman–Crippen MR) is 98.9 cm³/mol. The smallest absolute Gasteiger partial charge is 0.265 e. The number of nitrogens with zero attached hydrogens (tertiary/aromatic N) is 1. The summed E-state index contributed by atoms with van der Waals surface area (Å²) in [6.45, 7) is 0.237. The van der Waals surface area contributed by atoms with Gasteiger partial charge in [0.1, 0.15) is 11.6 Å². The summed E-state index contributed by atoms with van der Waals surface area (Å²) in [4.78, 5) is 15.3. The topological polar surface area (TPSA) is 29.5 Å². The van der Waals surface area contributed by atoms with Gasteiger partial charge in [-0.2, -0.15) is 0 Å². The number of anilines is 1. The van der Waals surface area contributed by atoms with Crippen molar-refractivity contribution < 1.29 is 13.9 Å². The van der Waals surface area contributed by atoms with Crippen molar-refractivity contribution in [1.29, 1.82) is 0 Å². The van der Waals surface area contributed by atoms with Crippen LogP contribution in [-0.2, 0) is 11.3 Å². The minimum absolute atomic E-state index is 0.160. The molecular weight excluding hydrogens is 361 g/mol. The van der Waals surface area contributed by atoms with E-state index in [1.165, 1.54) is 12.1 Å². The van der Waals surface area contributed by atoms with E-state index in [4.69, 9.17) is 16.3 Å². The fourth-order valence-corrected chi connectivity index (χ4v) is 3.17. The highest BCUT2D eigenvalue weighted by atomic mass is 35.5. The molecule has 3 aromatic rings. The molecule has 3 rings (SSSR count). The van der Waals surface area contributed by atoms with Gasteiger partial charge >= 0.3 is 0 Å². The monoisotopic (exact) mass is 375 g/mol. The van der Waals surface area contributed by atoms with Gasteiger partial charge in [0, 0.05) is 10.6 Å². The summed E-state index contributed by atoms with van der Waals surface area (Å²) in [5.74, 6) is -0.132. The predicted octanol–water partition coefficient (Wildman–Crippen LogP) is 5.15. The first-order valence-electron chi connectivity index (χ1n) is 7.59. The highest BCUT2D eigenvalue weighted by Crippen LogP contribution is 2.24. The van der Waals surface area contributed by atoms with Gasteiger partial charge in [-0.05, 0) is 47.8 Å². The first-order valence-corrected chi connectivity index (χ1v) is 8.85. The van der Waals surface area contributed by atoms with E-state index < -0.39 is 0 Å².